The third-order valence-electron chi connectivity index (χ3n) is 9.00. The van der Waals surface area contributed by atoms with Crippen molar-refractivity contribution in [2.24, 2.45) is 0 Å². The molecule has 3 saturated heterocycles. The molecule has 56 heavy (non-hydrogen) atoms. The van der Waals surface area contributed by atoms with Gasteiger partial charge in [-0.3, -0.25) is 9.59 Å². The molecule has 4 N–H and O–H groups in total. The highest BCUT2D eigenvalue weighted by molar-refractivity contribution is 5.87. The van der Waals surface area contributed by atoms with Gasteiger partial charge < -0.3 is 35.5 Å². The molecule has 2 unspecified atom stereocenters. The van der Waals surface area contributed by atoms with Gasteiger partial charge >= 0.3 is 12.2 Å². The lowest BCUT2D eigenvalue weighted by Gasteiger charge is -2.35. The Hall–Kier alpha value is -4.54. The average molecular weight is 803 g/mol. The van der Waals surface area contributed by atoms with E-state index in [1.807, 2.05) is 0 Å². The zero-order chi connectivity index (χ0) is 42.3. The second-order valence-electron chi connectivity index (χ2n) is 16.0. The van der Waals surface area contributed by atoms with E-state index < -0.39 is 117 Å². The number of amides is 4. The number of rotatable bonds is 4. The first-order valence-electron chi connectivity index (χ1n) is 18.4. The summed E-state index contributed by atoms with van der Waals surface area (Å²) in [5.74, 6) is -9.38. The SMILES string of the molecule is CC1CCCO1.C[C@H]1NC(=O)C(NC(=O)OC(C)(C)C)C[C@H]1c1c(F)ccc(F)c1F.C[C@H]1NC(=O)[C@@H](NC(=O)OC(C)(C)C)C[C@H]1c1c(F)ccc(F)c1F. The standard InChI is InChI=1S/2C17H21F3N2O3.C5H10O/c2*1-8-9(13-10(18)5-6-11(19)14(13)20)7-12(15(23)21-8)22-16(24)25-17(2,3)4;1-5-3-2-4-6-5/h2*5-6,8-9,12H,7H2,1-4H3,(H,21,23)(H,22,24);5H,2-4H2,1H3/t8-,9-,12?;8-,9-,12+;/m11./s1. The quantitative estimate of drug-likeness (QED) is 0.190. The van der Waals surface area contributed by atoms with Gasteiger partial charge in [0.15, 0.2) is 23.3 Å². The van der Waals surface area contributed by atoms with Crippen LogP contribution in [-0.2, 0) is 23.8 Å². The molecule has 2 aromatic rings. The van der Waals surface area contributed by atoms with Gasteiger partial charge in [-0.1, -0.05) is 0 Å². The fraction of sp³-hybridized carbons (Fsp3) is 0.590. The van der Waals surface area contributed by atoms with Gasteiger partial charge in [-0.25, -0.2) is 35.9 Å². The lowest BCUT2D eigenvalue weighted by atomic mass is 9.82. The van der Waals surface area contributed by atoms with Crippen molar-refractivity contribution in [3.8, 4) is 0 Å². The molecule has 3 heterocycles. The van der Waals surface area contributed by atoms with Gasteiger partial charge in [-0.15, -0.1) is 0 Å². The smallest absolute Gasteiger partial charge is 0.408 e. The van der Waals surface area contributed by atoms with Crippen LogP contribution in [0.15, 0.2) is 24.3 Å². The first-order valence-corrected chi connectivity index (χ1v) is 18.4. The Kier molecular flexibility index (Phi) is 15.6. The normalized spacial score (nSPS) is 24.9. The lowest BCUT2D eigenvalue weighted by Crippen LogP contribution is -2.56. The number of piperidine rings is 2. The third kappa shape index (κ3) is 13.0. The lowest BCUT2D eigenvalue weighted by molar-refractivity contribution is -0.126. The number of halogens is 6. The molecule has 0 aromatic heterocycles. The maximum absolute atomic E-state index is 14.1. The highest BCUT2D eigenvalue weighted by Crippen LogP contribution is 2.35. The van der Waals surface area contributed by atoms with Crippen LogP contribution >= 0.6 is 0 Å². The van der Waals surface area contributed by atoms with Crippen LogP contribution in [0.3, 0.4) is 0 Å². The van der Waals surface area contributed by atoms with Crippen LogP contribution in [0, 0.1) is 34.9 Å². The second-order valence-corrected chi connectivity index (χ2v) is 16.0. The van der Waals surface area contributed by atoms with Crippen LogP contribution in [0.5, 0.6) is 0 Å². The Labute approximate surface area is 323 Å². The van der Waals surface area contributed by atoms with Crippen molar-refractivity contribution in [1.29, 1.82) is 0 Å². The molecule has 3 fully saturated rings. The molecule has 4 amide bonds. The first-order chi connectivity index (χ1) is 25.9. The minimum atomic E-state index is -1.29. The molecule has 2 aromatic carbocycles. The molecular formula is C39H52F6N4O7. The minimum absolute atomic E-state index is 0.0798. The largest absolute Gasteiger partial charge is 0.444 e. The van der Waals surface area contributed by atoms with Gasteiger partial charge in [0, 0.05) is 41.7 Å². The van der Waals surface area contributed by atoms with Crippen molar-refractivity contribution in [2.75, 3.05) is 6.61 Å². The first kappa shape index (κ1) is 45.8. The van der Waals surface area contributed by atoms with Crippen molar-refractivity contribution in [3.05, 3.63) is 70.3 Å². The highest BCUT2D eigenvalue weighted by atomic mass is 19.2. The summed E-state index contributed by atoms with van der Waals surface area (Å²) < 4.78 is 98.6. The summed E-state index contributed by atoms with van der Waals surface area (Å²) in [7, 11) is 0. The fourth-order valence-corrected chi connectivity index (χ4v) is 6.37. The van der Waals surface area contributed by atoms with E-state index in [0.29, 0.717) is 18.2 Å². The summed E-state index contributed by atoms with van der Waals surface area (Å²) in [5, 5.41) is 9.88. The van der Waals surface area contributed by atoms with Crippen LogP contribution < -0.4 is 21.3 Å². The van der Waals surface area contributed by atoms with E-state index in [4.69, 9.17) is 14.2 Å². The number of carbonyl (C=O) groups excluding carboxylic acids is 4. The van der Waals surface area contributed by atoms with Crippen LogP contribution in [-0.4, -0.2) is 72.1 Å². The van der Waals surface area contributed by atoms with E-state index in [0.717, 1.165) is 18.7 Å². The summed E-state index contributed by atoms with van der Waals surface area (Å²) in [5.41, 5.74) is -2.40. The van der Waals surface area contributed by atoms with E-state index in [1.54, 1.807) is 55.4 Å². The van der Waals surface area contributed by atoms with Crippen LogP contribution in [0.4, 0.5) is 35.9 Å². The zero-order valence-corrected chi connectivity index (χ0v) is 33.0. The number of nitrogens with one attached hydrogen (secondary N) is 4. The van der Waals surface area contributed by atoms with Crippen LogP contribution in [0.25, 0.3) is 0 Å². The van der Waals surface area contributed by atoms with Crippen molar-refractivity contribution < 1.29 is 59.7 Å². The van der Waals surface area contributed by atoms with Gasteiger partial charge in [-0.2, -0.15) is 0 Å². The van der Waals surface area contributed by atoms with E-state index in [9.17, 15) is 45.5 Å². The maximum atomic E-state index is 14.1. The number of benzene rings is 2. The average Bonchev–Trinajstić information content (AvgIpc) is 3.55. The number of carbonyl (C=O) groups is 4. The van der Waals surface area contributed by atoms with Gasteiger partial charge in [0.25, 0.3) is 0 Å². The summed E-state index contributed by atoms with van der Waals surface area (Å²) in [6.45, 7) is 16.2. The topological polar surface area (TPSA) is 144 Å². The maximum Gasteiger partial charge on any atom is 0.408 e. The molecule has 0 bridgehead atoms. The number of ether oxygens (including phenoxy) is 3. The van der Waals surface area contributed by atoms with Gasteiger partial charge in [0.2, 0.25) is 11.8 Å². The van der Waals surface area contributed by atoms with E-state index in [1.165, 1.54) is 12.8 Å². The zero-order valence-electron chi connectivity index (χ0n) is 33.0. The Balaban J connectivity index is 0.000000261. The minimum Gasteiger partial charge on any atom is -0.444 e. The Morgan fingerprint density at radius 3 is 1.30 bits per heavy atom. The van der Waals surface area contributed by atoms with Crippen molar-refractivity contribution >= 4 is 24.0 Å². The molecule has 0 aliphatic carbocycles. The van der Waals surface area contributed by atoms with E-state index >= 15 is 0 Å². The Bertz CT molecular complexity index is 1610. The second kappa shape index (κ2) is 19.1. The molecule has 17 heteroatoms. The summed E-state index contributed by atoms with van der Waals surface area (Å²) in [6.07, 6.45) is 1.28. The molecular weight excluding hydrogens is 750 g/mol. The molecule has 0 saturated carbocycles. The predicted molar refractivity (Wildman–Crippen MR) is 194 cm³/mol. The molecule has 5 rings (SSSR count). The van der Waals surface area contributed by atoms with Crippen molar-refractivity contribution in [3.63, 3.8) is 0 Å². The van der Waals surface area contributed by atoms with Crippen molar-refractivity contribution in [1.82, 2.24) is 21.3 Å². The summed E-state index contributed by atoms with van der Waals surface area (Å²) in [4.78, 5) is 47.9. The van der Waals surface area contributed by atoms with Crippen LogP contribution in [0.2, 0.25) is 0 Å². The highest BCUT2D eigenvalue weighted by Gasteiger charge is 2.40. The van der Waals surface area contributed by atoms with Gasteiger partial charge in [0.05, 0.1) is 6.10 Å². The Morgan fingerprint density at radius 2 is 1.02 bits per heavy atom. The fourth-order valence-electron chi connectivity index (χ4n) is 6.37. The summed E-state index contributed by atoms with van der Waals surface area (Å²) in [6, 6.07) is -0.255. The monoisotopic (exact) mass is 802 g/mol. The molecule has 0 radical (unpaired) electrons. The van der Waals surface area contributed by atoms with Gasteiger partial charge in [-0.05, 0) is 112 Å². The number of hydrogen-bond donors (Lipinski definition) is 4. The van der Waals surface area contributed by atoms with Gasteiger partial charge in [0.1, 0.15) is 34.9 Å². The summed E-state index contributed by atoms with van der Waals surface area (Å²) >= 11 is 0. The molecule has 7 atom stereocenters. The predicted octanol–water partition coefficient (Wildman–Crippen LogP) is 7.16. The van der Waals surface area contributed by atoms with Crippen LogP contribution in [0.1, 0.15) is 111 Å². The molecule has 3 aliphatic rings. The number of hydrogen-bond acceptors (Lipinski definition) is 7. The number of alkyl carbamates (subject to hydrolysis) is 2. The molecule has 312 valence electrons. The molecule has 0 spiro atoms. The van der Waals surface area contributed by atoms with Crippen molar-refractivity contribution in [2.45, 2.75) is 141 Å². The molecule has 11 nitrogen and oxygen atoms in total. The Morgan fingerprint density at radius 1 is 0.661 bits per heavy atom. The van der Waals surface area contributed by atoms with E-state index in [2.05, 4.69) is 28.2 Å². The third-order valence-corrected chi connectivity index (χ3v) is 9.00. The van der Waals surface area contributed by atoms with E-state index in [-0.39, 0.29) is 12.8 Å². The molecule has 3 aliphatic heterocycles.